The Balaban J connectivity index is 2.76. The van der Waals surface area contributed by atoms with Crippen LogP contribution in [0.2, 0.25) is 0 Å². The van der Waals surface area contributed by atoms with Crippen LogP contribution in [0.4, 0.5) is 0 Å². The Kier molecular flexibility index (Phi) is 5.18. The molecular formula is C8H21N4O2P. The summed E-state index contributed by atoms with van der Waals surface area (Å²) in [6, 6.07) is 0. The van der Waals surface area contributed by atoms with E-state index in [0.717, 1.165) is 13.1 Å². The fourth-order valence-electron chi connectivity index (χ4n) is 1.77. The molecule has 1 heterocycles. The van der Waals surface area contributed by atoms with Gasteiger partial charge < -0.3 is 4.74 Å². The average molecular weight is 236 g/mol. The molecule has 1 fully saturated rings. The second-order valence-corrected chi connectivity index (χ2v) is 5.86. The van der Waals surface area contributed by atoms with Gasteiger partial charge in [-0.25, -0.2) is 9.34 Å². The number of hydrogen-bond donors (Lipinski definition) is 2. The monoisotopic (exact) mass is 236 g/mol. The van der Waals surface area contributed by atoms with E-state index in [2.05, 4.69) is 5.20 Å². The van der Waals surface area contributed by atoms with Crippen LogP contribution in [0.15, 0.2) is 0 Å². The van der Waals surface area contributed by atoms with Crippen molar-refractivity contribution in [3.05, 3.63) is 0 Å². The highest BCUT2D eigenvalue weighted by atomic mass is 31.2. The molecule has 7 heteroatoms. The van der Waals surface area contributed by atoms with Gasteiger partial charge in [0.05, 0.1) is 13.2 Å². The van der Waals surface area contributed by atoms with Crippen molar-refractivity contribution in [3.63, 3.8) is 0 Å². The van der Waals surface area contributed by atoms with Gasteiger partial charge in [0.1, 0.15) is 0 Å². The van der Waals surface area contributed by atoms with Gasteiger partial charge in [0.25, 0.3) is 7.59 Å². The van der Waals surface area contributed by atoms with Gasteiger partial charge in [0.15, 0.2) is 0 Å². The van der Waals surface area contributed by atoms with Gasteiger partial charge in [-0.1, -0.05) is 13.8 Å². The number of ether oxygens (including phenoxy) is 1. The molecule has 1 aliphatic heterocycles. The summed E-state index contributed by atoms with van der Waals surface area (Å²) in [4.78, 5) is 0. The predicted molar refractivity (Wildman–Crippen MR) is 60.2 cm³/mol. The molecule has 0 aliphatic carbocycles. The molecule has 0 radical (unpaired) electrons. The van der Waals surface area contributed by atoms with Crippen molar-refractivity contribution in [2.24, 2.45) is 5.84 Å². The van der Waals surface area contributed by atoms with Gasteiger partial charge in [-0.3, -0.25) is 10.4 Å². The Morgan fingerprint density at radius 1 is 1.40 bits per heavy atom. The van der Waals surface area contributed by atoms with E-state index >= 15 is 0 Å². The molecule has 90 valence electrons. The number of nitrogens with zero attached hydrogens (tertiary/aromatic N) is 2. The van der Waals surface area contributed by atoms with Gasteiger partial charge >= 0.3 is 0 Å². The first kappa shape index (κ1) is 13.1. The summed E-state index contributed by atoms with van der Waals surface area (Å²) in [5, 5.41) is 2.50. The van der Waals surface area contributed by atoms with E-state index in [1.54, 1.807) is 0 Å². The Morgan fingerprint density at radius 2 is 1.93 bits per heavy atom. The molecule has 1 saturated heterocycles. The largest absolute Gasteiger partial charge is 0.379 e. The number of morpholine rings is 1. The SMILES string of the molecule is CCN(CC)P(=O)(NN)N1CCOCC1. The molecule has 0 aromatic rings. The number of rotatable bonds is 5. The molecular weight excluding hydrogens is 215 g/mol. The Morgan fingerprint density at radius 3 is 2.33 bits per heavy atom. The van der Waals surface area contributed by atoms with Crippen molar-refractivity contribution in [2.45, 2.75) is 13.8 Å². The fraction of sp³-hybridized carbons (Fsp3) is 1.00. The minimum absolute atomic E-state index is 0.618. The lowest BCUT2D eigenvalue weighted by atomic mass is 10.5. The molecule has 3 N–H and O–H groups in total. The maximum Gasteiger partial charge on any atom is 0.297 e. The van der Waals surface area contributed by atoms with Crippen molar-refractivity contribution in [1.82, 2.24) is 14.5 Å². The summed E-state index contributed by atoms with van der Waals surface area (Å²) in [7, 11) is -2.77. The lowest BCUT2D eigenvalue weighted by Crippen LogP contribution is -2.45. The summed E-state index contributed by atoms with van der Waals surface area (Å²) in [5.74, 6) is 5.45. The lowest BCUT2D eigenvalue weighted by Gasteiger charge is -2.39. The van der Waals surface area contributed by atoms with Crippen molar-refractivity contribution < 1.29 is 9.30 Å². The number of hydrogen-bond acceptors (Lipinski definition) is 3. The number of nitrogens with two attached hydrogens (primary N) is 1. The summed E-state index contributed by atoms with van der Waals surface area (Å²) < 4.78 is 21.7. The zero-order valence-corrected chi connectivity index (χ0v) is 10.4. The van der Waals surface area contributed by atoms with Gasteiger partial charge in [-0.15, -0.1) is 0 Å². The number of hydrazine groups is 1. The van der Waals surface area contributed by atoms with E-state index in [4.69, 9.17) is 10.6 Å². The van der Waals surface area contributed by atoms with Gasteiger partial charge in [-0.2, -0.15) is 5.20 Å². The van der Waals surface area contributed by atoms with Crippen LogP contribution in [0.25, 0.3) is 0 Å². The normalized spacial score (nSPS) is 22.9. The average Bonchev–Trinajstić information content (AvgIpc) is 2.31. The van der Waals surface area contributed by atoms with Gasteiger partial charge in [0.2, 0.25) is 0 Å². The maximum atomic E-state index is 12.7. The van der Waals surface area contributed by atoms with E-state index in [1.807, 2.05) is 23.2 Å². The number of nitrogens with one attached hydrogen (secondary N) is 1. The molecule has 1 unspecified atom stereocenters. The molecule has 1 atom stereocenters. The second-order valence-electron chi connectivity index (χ2n) is 3.38. The third kappa shape index (κ3) is 2.78. The summed E-state index contributed by atoms with van der Waals surface area (Å²) >= 11 is 0. The summed E-state index contributed by atoms with van der Waals surface area (Å²) in [6.45, 7) is 7.96. The first-order chi connectivity index (χ1) is 7.19. The molecule has 0 aromatic heterocycles. The second kappa shape index (κ2) is 5.94. The van der Waals surface area contributed by atoms with Crippen LogP contribution in [-0.2, 0) is 9.30 Å². The highest BCUT2D eigenvalue weighted by molar-refractivity contribution is 7.56. The van der Waals surface area contributed by atoms with Crippen molar-refractivity contribution in [3.8, 4) is 0 Å². The molecule has 0 aromatic carbocycles. The lowest BCUT2D eigenvalue weighted by molar-refractivity contribution is 0.0680. The zero-order valence-electron chi connectivity index (χ0n) is 9.48. The Labute approximate surface area is 91.2 Å². The molecule has 0 amide bonds. The van der Waals surface area contributed by atoms with Crippen molar-refractivity contribution in [1.29, 1.82) is 0 Å². The maximum absolute atomic E-state index is 12.7. The zero-order chi connectivity index (χ0) is 11.3. The Bertz CT molecular complexity index is 229. The molecule has 0 spiro atoms. The minimum Gasteiger partial charge on any atom is -0.379 e. The van der Waals surface area contributed by atoms with Crippen LogP contribution in [0.1, 0.15) is 13.8 Å². The minimum atomic E-state index is -2.77. The van der Waals surface area contributed by atoms with E-state index < -0.39 is 7.59 Å². The molecule has 6 nitrogen and oxygen atoms in total. The van der Waals surface area contributed by atoms with Crippen LogP contribution in [0, 0.1) is 0 Å². The van der Waals surface area contributed by atoms with E-state index in [1.165, 1.54) is 0 Å². The highest BCUT2D eigenvalue weighted by Gasteiger charge is 2.35. The van der Waals surface area contributed by atoms with E-state index in [9.17, 15) is 4.57 Å². The summed E-state index contributed by atoms with van der Waals surface area (Å²) in [6.07, 6.45) is 0. The van der Waals surface area contributed by atoms with Gasteiger partial charge in [-0.05, 0) is 0 Å². The summed E-state index contributed by atoms with van der Waals surface area (Å²) in [5.41, 5.74) is 0. The van der Waals surface area contributed by atoms with Crippen molar-refractivity contribution >= 4 is 7.59 Å². The van der Waals surface area contributed by atoms with Crippen LogP contribution < -0.4 is 11.0 Å². The highest BCUT2D eigenvalue weighted by Crippen LogP contribution is 2.47. The van der Waals surface area contributed by atoms with E-state index in [-0.39, 0.29) is 0 Å². The van der Waals surface area contributed by atoms with Crippen LogP contribution in [0.5, 0.6) is 0 Å². The molecule has 1 aliphatic rings. The third-order valence-corrected chi connectivity index (χ3v) is 5.49. The quantitative estimate of drug-likeness (QED) is 0.404. The van der Waals surface area contributed by atoms with Crippen molar-refractivity contribution in [2.75, 3.05) is 39.4 Å². The predicted octanol–water partition coefficient (Wildman–Crippen LogP) is 0.232. The topological polar surface area (TPSA) is 70.8 Å². The third-order valence-electron chi connectivity index (χ3n) is 2.65. The Hall–Kier alpha value is 0.0300. The van der Waals surface area contributed by atoms with E-state index in [0.29, 0.717) is 26.3 Å². The first-order valence-corrected chi connectivity index (χ1v) is 6.96. The standard InChI is InChI=1S/C8H21N4O2P/c1-3-11(4-2)15(13,10-9)12-5-7-14-8-6-12/h3-9H2,1-2H3,(H,10,13). The smallest absolute Gasteiger partial charge is 0.297 e. The molecule has 15 heavy (non-hydrogen) atoms. The fourth-order valence-corrected chi connectivity index (χ4v) is 3.93. The molecule has 1 rings (SSSR count). The molecule has 0 saturated carbocycles. The first-order valence-electron chi connectivity index (χ1n) is 5.35. The van der Waals surface area contributed by atoms with Crippen LogP contribution in [-0.4, -0.2) is 48.7 Å². The van der Waals surface area contributed by atoms with Crippen LogP contribution in [0.3, 0.4) is 0 Å². The van der Waals surface area contributed by atoms with Crippen LogP contribution >= 0.6 is 7.59 Å². The molecule has 0 bridgehead atoms. The van der Waals surface area contributed by atoms with Gasteiger partial charge in [0, 0.05) is 26.2 Å².